The van der Waals surface area contributed by atoms with Gasteiger partial charge in [0, 0.05) is 35.8 Å². The van der Waals surface area contributed by atoms with E-state index in [0.717, 1.165) is 0 Å². The number of carbonyl (C=O) groups excluding carboxylic acids is 2. The second-order valence-corrected chi connectivity index (χ2v) is 7.64. The van der Waals surface area contributed by atoms with Gasteiger partial charge < -0.3 is 25.6 Å². The van der Waals surface area contributed by atoms with Crippen molar-refractivity contribution in [3.63, 3.8) is 0 Å². The Balaban J connectivity index is 0.000000861. The zero-order valence-electron chi connectivity index (χ0n) is 18.1. The van der Waals surface area contributed by atoms with Gasteiger partial charge in [0.1, 0.15) is 0 Å². The lowest BCUT2D eigenvalue weighted by atomic mass is 10.2. The third kappa shape index (κ3) is 12.8. The number of aliphatic hydroxyl groups is 2. The van der Waals surface area contributed by atoms with Crippen molar-refractivity contribution in [1.29, 1.82) is 0 Å². The molecule has 0 spiro atoms. The predicted octanol–water partition coefficient (Wildman–Crippen LogP) is 3.00. The molecule has 0 heterocycles. The number of benzene rings is 2. The summed E-state index contributed by atoms with van der Waals surface area (Å²) in [5, 5.41) is 22.4. The molecule has 0 saturated heterocycles. The Hall–Kier alpha value is -2.45. The molecular weight excluding hydrogens is 420 g/mol. The molecular formula is C23H31ClN2O5. The van der Waals surface area contributed by atoms with Crippen LogP contribution in [0.2, 0.25) is 5.02 Å². The van der Waals surface area contributed by atoms with Gasteiger partial charge in [-0.15, -0.1) is 0 Å². The standard InChI is InChI=1S/C20H23ClN2O3.C3H8O2/c1-2-26-18(11-12-22-19(24)15-7-4-3-5-8-15)14-23-20(25)16-9-6-10-17(21)13-16;1-3(2,4)5/h3-10,13,18H,2,11-12,14H2,1H3,(H,22,24)(H,23,25);4-5H,1-2H3. The quantitative estimate of drug-likeness (QED) is 0.439. The summed E-state index contributed by atoms with van der Waals surface area (Å²) in [4.78, 5) is 24.2. The average molecular weight is 451 g/mol. The monoisotopic (exact) mass is 450 g/mol. The molecule has 0 bridgehead atoms. The van der Waals surface area contributed by atoms with Crippen molar-refractivity contribution in [3.05, 3.63) is 70.7 Å². The zero-order valence-corrected chi connectivity index (χ0v) is 18.9. The molecule has 2 aromatic carbocycles. The second kappa shape index (κ2) is 13.8. The van der Waals surface area contributed by atoms with Crippen molar-refractivity contribution in [1.82, 2.24) is 10.6 Å². The largest absolute Gasteiger partial charge is 0.377 e. The minimum Gasteiger partial charge on any atom is -0.377 e. The van der Waals surface area contributed by atoms with Crippen LogP contribution < -0.4 is 10.6 Å². The van der Waals surface area contributed by atoms with Gasteiger partial charge in [-0.1, -0.05) is 35.9 Å². The number of nitrogens with one attached hydrogen (secondary N) is 2. The van der Waals surface area contributed by atoms with Gasteiger partial charge >= 0.3 is 0 Å². The van der Waals surface area contributed by atoms with Crippen molar-refractivity contribution in [2.24, 2.45) is 0 Å². The van der Waals surface area contributed by atoms with Crippen LogP contribution in [0.3, 0.4) is 0 Å². The molecule has 2 amide bonds. The summed E-state index contributed by atoms with van der Waals surface area (Å²) >= 11 is 5.91. The number of amides is 2. The van der Waals surface area contributed by atoms with Crippen LogP contribution in [-0.2, 0) is 4.74 Å². The van der Waals surface area contributed by atoms with E-state index in [-0.39, 0.29) is 17.9 Å². The first-order valence-electron chi connectivity index (χ1n) is 10.0. The summed E-state index contributed by atoms with van der Waals surface area (Å²) in [6, 6.07) is 15.8. The number of ether oxygens (including phenoxy) is 1. The predicted molar refractivity (Wildman–Crippen MR) is 121 cm³/mol. The summed E-state index contributed by atoms with van der Waals surface area (Å²) < 4.78 is 5.65. The summed E-state index contributed by atoms with van der Waals surface area (Å²) in [6.07, 6.45) is 0.418. The van der Waals surface area contributed by atoms with Gasteiger partial charge in [-0.2, -0.15) is 0 Å². The number of rotatable bonds is 9. The topological polar surface area (TPSA) is 108 Å². The SMILES string of the molecule is CC(C)(O)O.CCOC(CCNC(=O)c1ccccc1)CNC(=O)c1cccc(Cl)c1. The highest BCUT2D eigenvalue weighted by Gasteiger charge is 2.13. The van der Waals surface area contributed by atoms with Crippen LogP contribution in [0.5, 0.6) is 0 Å². The Morgan fingerprint density at radius 2 is 1.58 bits per heavy atom. The van der Waals surface area contributed by atoms with Gasteiger partial charge in [0.2, 0.25) is 0 Å². The van der Waals surface area contributed by atoms with E-state index in [2.05, 4.69) is 10.6 Å². The lowest BCUT2D eigenvalue weighted by Crippen LogP contribution is -2.36. The van der Waals surface area contributed by atoms with Crippen molar-refractivity contribution < 1.29 is 24.5 Å². The molecule has 2 aromatic rings. The van der Waals surface area contributed by atoms with Crippen LogP contribution in [0, 0.1) is 0 Å². The van der Waals surface area contributed by atoms with Crippen LogP contribution >= 0.6 is 11.6 Å². The van der Waals surface area contributed by atoms with Crippen molar-refractivity contribution in [2.45, 2.75) is 39.1 Å². The lowest BCUT2D eigenvalue weighted by molar-refractivity contribution is -0.127. The molecule has 1 atom stereocenters. The molecule has 2 rings (SSSR count). The summed E-state index contributed by atoms with van der Waals surface area (Å²) in [5.41, 5.74) is 1.12. The van der Waals surface area contributed by atoms with Gasteiger partial charge in [0.15, 0.2) is 5.79 Å². The summed E-state index contributed by atoms with van der Waals surface area (Å²) in [6.45, 7) is 5.85. The molecule has 0 fully saturated rings. The van der Waals surface area contributed by atoms with Crippen LogP contribution in [0.15, 0.2) is 54.6 Å². The summed E-state index contributed by atoms with van der Waals surface area (Å²) in [7, 11) is 0. The number of hydrogen-bond acceptors (Lipinski definition) is 5. The Labute approximate surface area is 188 Å². The van der Waals surface area contributed by atoms with E-state index in [0.29, 0.717) is 42.3 Å². The molecule has 0 aliphatic heterocycles. The minimum absolute atomic E-state index is 0.121. The van der Waals surface area contributed by atoms with Gasteiger partial charge in [0.05, 0.1) is 6.10 Å². The molecule has 8 heteroatoms. The third-order valence-corrected chi connectivity index (χ3v) is 4.00. The zero-order chi connectivity index (χ0) is 23.3. The Morgan fingerprint density at radius 3 is 2.16 bits per heavy atom. The fourth-order valence-corrected chi connectivity index (χ4v) is 2.65. The van der Waals surface area contributed by atoms with Crippen LogP contribution in [0.1, 0.15) is 47.9 Å². The normalized spacial score (nSPS) is 11.7. The molecule has 1 unspecified atom stereocenters. The van der Waals surface area contributed by atoms with Gasteiger partial charge in [-0.25, -0.2) is 0 Å². The van der Waals surface area contributed by atoms with E-state index in [9.17, 15) is 9.59 Å². The lowest BCUT2D eigenvalue weighted by Gasteiger charge is -2.18. The maximum Gasteiger partial charge on any atom is 0.251 e. The number of halogens is 1. The van der Waals surface area contributed by atoms with Crippen molar-refractivity contribution in [2.75, 3.05) is 19.7 Å². The third-order valence-electron chi connectivity index (χ3n) is 3.77. The molecule has 7 nitrogen and oxygen atoms in total. The number of carbonyl (C=O) groups is 2. The molecule has 0 aliphatic rings. The molecule has 31 heavy (non-hydrogen) atoms. The molecule has 0 aromatic heterocycles. The molecule has 0 aliphatic carbocycles. The van der Waals surface area contributed by atoms with Gasteiger partial charge in [0.25, 0.3) is 11.8 Å². The van der Waals surface area contributed by atoms with E-state index in [4.69, 9.17) is 26.6 Å². The van der Waals surface area contributed by atoms with E-state index >= 15 is 0 Å². The Kier molecular flexibility index (Phi) is 11.8. The number of hydrogen-bond donors (Lipinski definition) is 4. The highest BCUT2D eigenvalue weighted by atomic mass is 35.5. The average Bonchev–Trinajstić information content (AvgIpc) is 2.71. The fourth-order valence-electron chi connectivity index (χ4n) is 2.46. The minimum atomic E-state index is -1.50. The first kappa shape index (κ1) is 26.6. The maximum atomic E-state index is 12.2. The van der Waals surface area contributed by atoms with E-state index in [1.54, 1.807) is 36.4 Å². The van der Waals surface area contributed by atoms with Crippen molar-refractivity contribution >= 4 is 23.4 Å². The van der Waals surface area contributed by atoms with E-state index in [1.807, 2.05) is 25.1 Å². The molecule has 4 N–H and O–H groups in total. The first-order valence-corrected chi connectivity index (χ1v) is 10.4. The molecule has 0 radical (unpaired) electrons. The first-order chi connectivity index (χ1) is 14.6. The second-order valence-electron chi connectivity index (χ2n) is 7.20. The highest BCUT2D eigenvalue weighted by Crippen LogP contribution is 2.10. The van der Waals surface area contributed by atoms with Crippen LogP contribution in [0.4, 0.5) is 0 Å². The van der Waals surface area contributed by atoms with E-state index in [1.165, 1.54) is 13.8 Å². The summed E-state index contributed by atoms with van der Waals surface area (Å²) in [5.74, 6) is -1.82. The van der Waals surface area contributed by atoms with Crippen LogP contribution in [0.25, 0.3) is 0 Å². The Bertz CT molecular complexity index is 803. The van der Waals surface area contributed by atoms with Gasteiger partial charge in [-0.05, 0) is 57.5 Å². The van der Waals surface area contributed by atoms with Crippen molar-refractivity contribution in [3.8, 4) is 0 Å². The van der Waals surface area contributed by atoms with Gasteiger partial charge in [-0.3, -0.25) is 9.59 Å². The maximum absolute atomic E-state index is 12.2. The molecule has 170 valence electrons. The van der Waals surface area contributed by atoms with E-state index < -0.39 is 5.79 Å². The van der Waals surface area contributed by atoms with Crippen LogP contribution in [-0.4, -0.2) is 53.6 Å². The smallest absolute Gasteiger partial charge is 0.251 e. The fraction of sp³-hybridized carbons (Fsp3) is 0.391. The molecule has 0 saturated carbocycles. The highest BCUT2D eigenvalue weighted by molar-refractivity contribution is 6.30. The Morgan fingerprint density at radius 1 is 1.00 bits per heavy atom.